The van der Waals surface area contributed by atoms with Gasteiger partial charge >= 0.3 is 0 Å². The summed E-state index contributed by atoms with van der Waals surface area (Å²) in [5, 5.41) is 3.48. The monoisotopic (exact) mass is 249 g/mol. The van der Waals surface area contributed by atoms with Crippen LogP contribution in [0.25, 0.3) is 0 Å². The second kappa shape index (κ2) is 7.42. The Labute approximate surface area is 112 Å². The molecule has 1 aromatic rings. The van der Waals surface area contributed by atoms with Crippen molar-refractivity contribution in [3.8, 4) is 5.75 Å². The zero-order valence-electron chi connectivity index (χ0n) is 12.5. The summed E-state index contributed by atoms with van der Waals surface area (Å²) in [6.07, 6.45) is 2.23. The zero-order chi connectivity index (χ0) is 13.5. The molecule has 0 saturated heterocycles. The van der Waals surface area contributed by atoms with E-state index in [2.05, 4.69) is 52.1 Å². The highest BCUT2D eigenvalue weighted by Gasteiger charge is 2.07. The molecule has 18 heavy (non-hydrogen) atoms. The highest BCUT2D eigenvalue weighted by atomic mass is 16.5. The van der Waals surface area contributed by atoms with Gasteiger partial charge in [0.15, 0.2) is 0 Å². The van der Waals surface area contributed by atoms with Crippen molar-refractivity contribution < 1.29 is 4.74 Å². The molecular formula is C16H27NO. The van der Waals surface area contributed by atoms with Crippen molar-refractivity contribution in [2.75, 3.05) is 13.2 Å². The van der Waals surface area contributed by atoms with E-state index in [-0.39, 0.29) is 0 Å². The molecule has 0 aromatic heterocycles. The van der Waals surface area contributed by atoms with Gasteiger partial charge in [-0.25, -0.2) is 0 Å². The summed E-state index contributed by atoms with van der Waals surface area (Å²) in [7, 11) is 0. The van der Waals surface area contributed by atoms with Crippen LogP contribution in [0.5, 0.6) is 5.75 Å². The second-order valence-corrected chi connectivity index (χ2v) is 5.15. The topological polar surface area (TPSA) is 21.3 Å². The van der Waals surface area contributed by atoms with Crippen molar-refractivity contribution in [1.82, 2.24) is 5.32 Å². The lowest BCUT2D eigenvalue weighted by atomic mass is 10.1. The number of hydrogen-bond acceptors (Lipinski definition) is 2. The molecule has 2 nitrogen and oxygen atoms in total. The number of ether oxygens (including phenoxy) is 1. The lowest BCUT2D eigenvalue weighted by Gasteiger charge is -2.17. The first-order valence-electron chi connectivity index (χ1n) is 6.99. The van der Waals surface area contributed by atoms with Gasteiger partial charge < -0.3 is 10.1 Å². The number of rotatable bonds is 7. The minimum Gasteiger partial charge on any atom is -0.493 e. The predicted molar refractivity (Wildman–Crippen MR) is 78.5 cm³/mol. The van der Waals surface area contributed by atoms with Crippen molar-refractivity contribution >= 4 is 0 Å². The van der Waals surface area contributed by atoms with Crippen molar-refractivity contribution in [3.63, 3.8) is 0 Å². The van der Waals surface area contributed by atoms with E-state index >= 15 is 0 Å². The summed E-state index contributed by atoms with van der Waals surface area (Å²) in [5.41, 5.74) is 3.80. The predicted octanol–water partition coefficient (Wildman–Crippen LogP) is 3.77. The molecule has 0 bridgehead atoms. The molecule has 2 heteroatoms. The molecule has 0 amide bonds. The molecule has 0 heterocycles. The average Bonchev–Trinajstić information content (AvgIpc) is 2.35. The molecule has 0 aliphatic carbocycles. The van der Waals surface area contributed by atoms with Crippen LogP contribution in [0.15, 0.2) is 12.1 Å². The summed E-state index contributed by atoms with van der Waals surface area (Å²) < 4.78 is 5.96. The van der Waals surface area contributed by atoms with Crippen molar-refractivity contribution in [3.05, 3.63) is 28.8 Å². The van der Waals surface area contributed by atoms with E-state index in [1.165, 1.54) is 23.1 Å². The molecule has 1 aromatic carbocycles. The molecule has 0 spiro atoms. The largest absolute Gasteiger partial charge is 0.493 e. The maximum Gasteiger partial charge on any atom is 0.125 e. The molecule has 0 aliphatic rings. The molecule has 1 atom stereocenters. The molecule has 102 valence electrons. The fourth-order valence-electron chi connectivity index (χ4n) is 1.98. The van der Waals surface area contributed by atoms with E-state index in [1.54, 1.807) is 0 Å². The molecule has 0 radical (unpaired) electrons. The smallest absolute Gasteiger partial charge is 0.125 e. The first kappa shape index (κ1) is 15.0. The lowest BCUT2D eigenvalue weighted by Crippen LogP contribution is -2.28. The van der Waals surface area contributed by atoms with Crippen LogP contribution >= 0.6 is 0 Å². The molecule has 0 saturated carbocycles. The average molecular weight is 249 g/mol. The van der Waals surface area contributed by atoms with E-state index in [1.807, 2.05) is 0 Å². The van der Waals surface area contributed by atoms with Gasteiger partial charge in [-0.05, 0) is 63.8 Å². The molecule has 1 unspecified atom stereocenters. The normalized spacial score (nSPS) is 12.5. The Hall–Kier alpha value is -1.02. The maximum absolute atomic E-state index is 5.96. The van der Waals surface area contributed by atoms with Crippen molar-refractivity contribution in [1.29, 1.82) is 0 Å². The van der Waals surface area contributed by atoms with Gasteiger partial charge in [-0.15, -0.1) is 0 Å². The Bertz CT molecular complexity index is 374. The SMILES string of the molecule is CCCNC(C)CCOc1c(C)ccc(C)c1C. The summed E-state index contributed by atoms with van der Waals surface area (Å²) in [6.45, 7) is 12.7. The quantitative estimate of drug-likeness (QED) is 0.794. The van der Waals surface area contributed by atoms with Gasteiger partial charge in [-0.1, -0.05) is 19.1 Å². The molecule has 1 N–H and O–H groups in total. The molecule has 0 aliphatic heterocycles. The van der Waals surface area contributed by atoms with E-state index in [0.717, 1.165) is 25.3 Å². The van der Waals surface area contributed by atoms with Gasteiger partial charge in [-0.3, -0.25) is 0 Å². The van der Waals surface area contributed by atoms with Crippen LogP contribution in [0.4, 0.5) is 0 Å². The van der Waals surface area contributed by atoms with Crippen LogP contribution in [0.1, 0.15) is 43.4 Å². The summed E-state index contributed by atoms with van der Waals surface area (Å²) >= 11 is 0. The Morgan fingerprint density at radius 1 is 1.17 bits per heavy atom. The maximum atomic E-state index is 5.96. The molecule has 0 fully saturated rings. The van der Waals surface area contributed by atoms with Gasteiger partial charge in [0.1, 0.15) is 5.75 Å². The summed E-state index contributed by atoms with van der Waals surface area (Å²) in [6, 6.07) is 4.81. The second-order valence-electron chi connectivity index (χ2n) is 5.15. The first-order valence-corrected chi connectivity index (χ1v) is 6.99. The first-order chi connectivity index (χ1) is 8.56. The van der Waals surface area contributed by atoms with Crippen LogP contribution < -0.4 is 10.1 Å². The van der Waals surface area contributed by atoms with E-state index in [4.69, 9.17) is 4.74 Å². The van der Waals surface area contributed by atoms with Crippen LogP contribution in [0.3, 0.4) is 0 Å². The van der Waals surface area contributed by atoms with Gasteiger partial charge in [-0.2, -0.15) is 0 Å². The van der Waals surface area contributed by atoms with Crippen molar-refractivity contribution in [2.45, 2.75) is 53.5 Å². The molecular weight excluding hydrogens is 222 g/mol. The fraction of sp³-hybridized carbons (Fsp3) is 0.625. The van der Waals surface area contributed by atoms with Gasteiger partial charge in [0.05, 0.1) is 6.61 Å². The van der Waals surface area contributed by atoms with Gasteiger partial charge in [0, 0.05) is 6.04 Å². The summed E-state index contributed by atoms with van der Waals surface area (Å²) in [5.74, 6) is 1.07. The Balaban J connectivity index is 2.46. The van der Waals surface area contributed by atoms with E-state index in [0.29, 0.717) is 6.04 Å². The third-order valence-electron chi connectivity index (χ3n) is 3.41. The molecule has 1 rings (SSSR count). The number of aryl methyl sites for hydroxylation is 2. The summed E-state index contributed by atoms with van der Waals surface area (Å²) in [4.78, 5) is 0. The highest BCUT2D eigenvalue weighted by molar-refractivity contribution is 5.44. The Morgan fingerprint density at radius 2 is 1.83 bits per heavy atom. The van der Waals surface area contributed by atoms with Gasteiger partial charge in [0.25, 0.3) is 0 Å². The fourth-order valence-corrected chi connectivity index (χ4v) is 1.98. The lowest BCUT2D eigenvalue weighted by molar-refractivity contribution is 0.286. The standard InChI is InChI=1S/C16H27NO/c1-6-10-17-14(4)9-11-18-16-13(3)8-7-12(2)15(16)5/h7-8,14,17H,6,9-11H2,1-5H3. The number of hydrogen-bond donors (Lipinski definition) is 1. The third kappa shape index (κ3) is 4.34. The Morgan fingerprint density at radius 3 is 2.50 bits per heavy atom. The van der Waals surface area contributed by atoms with Crippen LogP contribution in [-0.2, 0) is 0 Å². The minimum atomic E-state index is 0.523. The van der Waals surface area contributed by atoms with E-state index in [9.17, 15) is 0 Å². The van der Waals surface area contributed by atoms with Crippen LogP contribution in [0, 0.1) is 20.8 Å². The third-order valence-corrected chi connectivity index (χ3v) is 3.41. The van der Waals surface area contributed by atoms with E-state index < -0.39 is 0 Å². The Kier molecular flexibility index (Phi) is 6.20. The minimum absolute atomic E-state index is 0.523. The zero-order valence-corrected chi connectivity index (χ0v) is 12.5. The number of nitrogens with one attached hydrogen (secondary N) is 1. The highest BCUT2D eigenvalue weighted by Crippen LogP contribution is 2.25. The van der Waals surface area contributed by atoms with Crippen LogP contribution in [0.2, 0.25) is 0 Å². The number of benzene rings is 1. The van der Waals surface area contributed by atoms with Crippen molar-refractivity contribution in [2.24, 2.45) is 0 Å². The van der Waals surface area contributed by atoms with Gasteiger partial charge in [0.2, 0.25) is 0 Å². The van der Waals surface area contributed by atoms with Crippen LogP contribution in [-0.4, -0.2) is 19.2 Å².